The summed E-state index contributed by atoms with van der Waals surface area (Å²) in [7, 11) is 0. The van der Waals surface area contributed by atoms with Gasteiger partial charge in [-0.25, -0.2) is 0 Å². The lowest BCUT2D eigenvalue weighted by Crippen LogP contribution is -2.26. The third-order valence-corrected chi connectivity index (χ3v) is 2.77. The lowest BCUT2D eigenvalue weighted by molar-refractivity contribution is 0.783. The molecule has 1 saturated carbocycles. The van der Waals surface area contributed by atoms with Gasteiger partial charge in [0.25, 0.3) is 0 Å². The highest BCUT2D eigenvalue weighted by molar-refractivity contribution is 7.80. The molecule has 0 spiro atoms. The summed E-state index contributed by atoms with van der Waals surface area (Å²) in [5.41, 5.74) is 10.2. The molecular weight excluding hydrogens is 220 g/mol. The van der Waals surface area contributed by atoms with Crippen molar-refractivity contribution in [1.82, 2.24) is 10.4 Å². The third-order valence-electron chi connectivity index (χ3n) is 2.68. The lowest BCUT2D eigenvalue weighted by atomic mass is 10.0. The van der Waals surface area contributed by atoms with Crippen molar-refractivity contribution in [3.8, 4) is 0 Å². The minimum atomic E-state index is 0.208. The van der Waals surface area contributed by atoms with Gasteiger partial charge in [-0.1, -0.05) is 6.07 Å². The van der Waals surface area contributed by atoms with Crippen LogP contribution in [0.2, 0.25) is 0 Å². The van der Waals surface area contributed by atoms with Gasteiger partial charge in [0.15, 0.2) is 5.11 Å². The van der Waals surface area contributed by atoms with E-state index in [-0.39, 0.29) is 5.11 Å². The first kappa shape index (κ1) is 11.0. The number of rotatable bonds is 2. The Morgan fingerprint density at radius 3 is 3.12 bits per heavy atom. The standard InChI is InChI=1S/C11H14N4S/c12-11(16)15-14-10-6-3-4-8(10)9-5-1-2-7-13-9/h1-2,5,7-8H,3-4,6H2,(H3,12,15,16)/b14-10-/t8-/m1/s1. The fourth-order valence-corrected chi connectivity index (χ4v) is 2.04. The summed E-state index contributed by atoms with van der Waals surface area (Å²) in [4.78, 5) is 4.37. The molecule has 5 heteroatoms. The van der Waals surface area contributed by atoms with Crippen molar-refractivity contribution in [3.63, 3.8) is 0 Å². The second-order valence-electron chi connectivity index (χ2n) is 3.78. The molecule has 0 saturated heterocycles. The Kier molecular flexibility index (Phi) is 3.46. The van der Waals surface area contributed by atoms with Gasteiger partial charge in [-0.3, -0.25) is 10.4 Å². The highest BCUT2D eigenvalue weighted by atomic mass is 32.1. The van der Waals surface area contributed by atoms with Gasteiger partial charge >= 0.3 is 0 Å². The molecule has 1 atom stereocenters. The van der Waals surface area contributed by atoms with Gasteiger partial charge in [-0.05, 0) is 43.6 Å². The maximum Gasteiger partial charge on any atom is 0.184 e. The number of hydrogen-bond acceptors (Lipinski definition) is 3. The Morgan fingerprint density at radius 2 is 2.44 bits per heavy atom. The molecule has 1 aromatic rings. The Morgan fingerprint density at radius 1 is 1.56 bits per heavy atom. The van der Waals surface area contributed by atoms with E-state index in [1.807, 2.05) is 24.4 Å². The molecular formula is C11H14N4S. The van der Waals surface area contributed by atoms with Crippen molar-refractivity contribution >= 4 is 23.0 Å². The summed E-state index contributed by atoms with van der Waals surface area (Å²) in [5, 5.41) is 4.45. The molecule has 1 aromatic heterocycles. The second-order valence-corrected chi connectivity index (χ2v) is 4.22. The number of pyridine rings is 1. The minimum Gasteiger partial charge on any atom is -0.375 e. The van der Waals surface area contributed by atoms with Gasteiger partial charge < -0.3 is 5.73 Å². The monoisotopic (exact) mass is 234 g/mol. The first-order chi connectivity index (χ1) is 7.77. The second kappa shape index (κ2) is 5.03. The fourth-order valence-electron chi connectivity index (χ4n) is 1.99. The van der Waals surface area contributed by atoms with Crippen molar-refractivity contribution < 1.29 is 0 Å². The van der Waals surface area contributed by atoms with Crippen LogP contribution in [0, 0.1) is 0 Å². The fraction of sp³-hybridized carbons (Fsp3) is 0.364. The van der Waals surface area contributed by atoms with Gasteiger partial charge in [0.2, 0.25) is 0 Å². The first-order valence-electron chi connectivity index (χ1n) is 5.30. The summed E-state index contributed by atoms with van der Waals surface area (Å²) in [5.74, 6) is 0.308. The lowest BCUT2D eigenvalue weighted by Gasteiger charge is -2.10. The Bertz CT molecular complexity index is 402. The first-order valence-corrected chi connectivity index (χ1v) is 5.71. The van der Waals surface area contributed by atoms with Crippen molar-refractivity contribution in [1.29, 1.82) is 0 Å². The molecule has 1 aliphatic rings. The van der Waals surface area contributed by atoms with E-state index >= 15 is 0 Å². The summed E-state index contributed by atoms with van der Waals surface area (Å²) < 4.78 is 0. The van der Waals surface area contributed by atoms with Gasteiger partial charge in [0.05, 0.1) is 0 Å². The van der Waals surface area contributed by atoms with E-state index in [0.717, 1.165) is 30.7 Å². The molecule has 0 aromatic carbocycles. The van der Waals surface area contributed by atoms with Crippen molar-refractivity contribution in [3.05, 3.63) is 30.1 Å². The minimum absolute atomic E-state index is 0.208. The van der Waals surface area contributed by atoms with Crippen LogP contribution in [0.25, 0.3) is 0 Å². The maximum atomic E-state index is 5.35. The van der Waals surface area contributed by atoms with E-state index in [1.54, 1.807) is 0 Å². The number of nitrogens with two attached hydrogens (primary N) is 1. The van der Waals surface area contributed by atoms with Crippen LogP contribution in [0.15, 0.2) is 29.5 Å². The number of aromatic nitrogens is 1. The number of thiocarbonyl (C=S) groups is 1. The highest BCUT2D eigenvalue weighted by Gasteiger charge is 2.25. The summed E-state index contributed by atoms with van der Waals surface area (Å²) in [6.45, 7) is 0. The number of hydrazone groups is 1. The molecule has 0 amide bonds. The van der Waals surface area contributed by atoms with E-state index in [2.05, 4.69) is 15.5 Å². The molecule has 1 fully saturated rings. The van der Waals surface area contributed by atoms with Crippen LogP contribution < -0.4 is 11.2 Å². The van der Waals surface area contributed by atoms with Crippen LogP contribution in [0.4, 0.5) is 0 Å². The van der Waals surface area contributed by atoms with E-state index in [1.165, 1.54) is 0 Å². The molecule has 3 N–H and O–H groups in total. The summed E-state index contributed by atoms with van der Waals surface area (Å²) in [6, 6.07) is 5.95. The van der Waals surface area contributed by atoms with Crippen LogP contribution in [0.3, 0.4) is 0 Å². The van der Waals surface area contributed by atoms with Gasteiger partial charge in [0.1, 0.15) is 0 Å². The van der Waals surface area contributed by atoms with Crippen LogP contribution in [0.5, 0.6) is 0 Å². The van der Waals surface area contributed by atoms with Crippen LogP contribution >= 0.6 is 12.2 Å². The topological polar surface area (TPSA) is 63.3 Å². The van der Waals surface area contributed by atoms with Crippen LogP contribution in [-0.4, -0.2) is 15.8 Å². The number of hydrogen-bond donors (Lipinski definition) is 2. The molecule has 0 radical (unpaired) electrons. The van der Waals surface area contributed by atoms with E-state index in [9.17, 15) is 0 Å². The number of nitrogens with zero attached hydrogens (tertiary/aromatic N) is 2. The Labute approximate surface area is 99.9 Å². The highest BCUT2D eigenvalue weighted by Crippen LogP contribution is 2.30. The Hall–Kier alpha value is -1.49. The van der Waals surface area contributed by atoms with Gasteiger partial charge in [-0.2, -0.15) is 5.10 Å². The Balaban J connectivity index is 2.15. The summed E-state index contributed by atoms with van der Waals surface area (Å²) >= 11 is 4.73. The van der Waals surface area contributed by atoms with E-state index in [4.69, 9.17) is 18.0 Å². The smallest absolute Gasteiger partial charge is 0.184 e. The van der Waals surface area contributed by atoms with Crippen molar-refractivity contribution in [2.45, 2.75) is 25.2 Å². The zero-order valence-electron chi connectivity index (χ0n) is 8.89. The van der Waals surface area contributed by atoms with Crippen LogP contribution in [0.1, 0.15) is 30.9 Å². The quantitative estimate of drug-likeness (QED) is 0.602. The molecule has 4 nitrogen and oxygen atoms in total. The van der Waals surface area contributed by atoms with Crippen molar-refractivity contribution in [2.75, 3.05) is 0 Å². The molecule has 1 heterocycles. The maximum absolute atomic E-state index is 5.35. The van der Waals surface area contributed by atoms with Crippen LogP contribution in [-0.2, 0) is 0 Å². The molecule has 84 valence electrons. The largest absolute Gasteiger partial charge is 0.375 e. The predicted octanol–water partition coefficient (Wildman–Crippen LogP) is 1.54. The zero-order valence-corrected chi connectivity index (χ0v) is 9.70. The molecule has 1 aliphatic carbocycles. The number of nitrogens with one attached hydrogen (secondary N) is 1. The summed E-state index contributed by atoms with van der Waals surface area (Å²) in [6.07, 6.45) is 5.02. The average Bonchev–Trinajstić information content (AvgIpc) is 2.75. The molecule has 2 rings (SSSR count). The average molecular weight is 234 g/mol. The normalized spacial score (nSPS) is 22.2. The molecule has 0 unspecified atom stereocenters. The molecule has 0 bridgehead atoms. The molecule has 16 heavy (non-hydrogen) atoms. The zero-order chi connectivity index (χ0) is 11.4. The SMILES string of the molecule is NC(=S)N/N=C1/CCC[C@@H]1c1ccccn1. The van der Waals surface area contributed by atoms with E-state index < -0.39 is 0 Å². The van der Waals surface area contributed by atoms with Gasteiger partial charge in [0, 0.05) is 23.5 Å². The van der Waals surface area contributed by atoms with E-state index in [0.29, 0.717) is 5.92 Å². The third kappa shape index (κ3) is 2.55. The van der Waals surface area contributed by atoms with Crippen molar-refractivity contribution in [2.24, 2.45) is 10.8 Å². The molecule has 0 aliphatic heterocycles. The van der Waals surface area contributed by atoms with Gasteiger partial charge in [-0.15, -0.1) is 0 Å². The predicted molar refractivity (Wildman–Crippen MR) is 68.2 cm³/mol.